The molecule has 100 valence electrons. The number of hydrogen-bond donors (Lipinski definition) is 0. The molecular formula is C15H16ClNO2. The van der Waals surface area contributed by atoms with Gasteiger partial charge in [0, 0.05) is 29.0 Å². The predicted octanol–water partition coefficient (Wildman–Crippen LogP) is 3.23. The fourth-order valence-electron chi connectivity index (χ4n) is 2.82. The number of nitrogens with zero attached hydrogens (tertiary/aromatic N) is 1. The van der Waals surface area contributed by atoms with E-state index >= 15 is 0 Å². The summed E-state index contributed by atoms with van der Waals surface area (Å²) in [6.45, 7) is 0. The molecule has 3 rings (SSSR count). The van der Waals surface area contributed by atoms with Crippen LogP contribution in [0.5, 0.6) is 0 Å². The molecule has 2 aromatic rings. The van der Waals surface area contributed by atoms with Crippen LogP contribution in [-0.4, -0.2) is 30.3 Å². The Morgan fingerprint density at radius 1 is 1.42 bits per heavy atom. The molecule has 0 saturated carbocycles. The first kappa shape index (κ1) is 12.7. The highest BCUT2D eigenvalue weighted by Gasteiger charge is 2.25. The van der Waals surface area contributed by atoms with Crippen LogP contribution < -0.4 is 0 Å². The van der Waals surface area contributed by atoms with Crippen molar-refractivity contribution in [2.24, 2.45) is 0 Å². The summed E-state index contributed by atoms with van der Waals surface area (Å²) in [7, 11) is 4.21. The fraction of sp³-hybridized carbons (Fsp3) is 0.400. The third-order valence-electron chi connectivity index (χ3n) is 3.98. The molecule has 0 saturated heterocycles. The first-order valence-electron chi connectivity index (χ1n) is 6.47. The van der Waals surface area contributed by atoms with Gasteiger partial charge in [0.15, 0.2) is 0 Å². The smallest absolute Gasteiger partial charge is 0.252 e. The summed E-state index contributed by atoms with van der Waals surface area (Å²) in [5, 5.41) is 0.616. The molecule has 0 amide bonds. The van der Waals surface area contributed by atoms with Gasteiger partial charge in [-0.05, 0) is 56.7 Å². The maximum absolute atomic E-state index is 11.3. The van der Waals surface area contributed by atoms with E-state index in [-0.39, 0.29) is 0 Å². The van der Waals surface area contributed by atoms with Crippen molar-refractivity contribution in [3.63, 3.8) is 0 Å². The van der Waals surface area contributed by atoms with Crippen LogP contribution in [0.15, 0.2) is 22.6 Å². The van der Waals surface area contributed by atoms with Gasteiger partial charge in [0.2, 0.25) is 0 Å². The third kappa shape index (κ3) is 2.17. The van der Waals surface area contributed by atoms with E-state index in [0.29, 0.717) is 11.6 Å². The second-order valence-electron chi connectivity index (χ2n) is 5.35. The van der Waals surface area contributed by atoms with E-state index in [2.05, 4.69) is 19.0 Å². The molecule has 0 aliphatic heterocycles. The van der Waals surface area contributed by atoms with Crippen molar-refractivity contribution in [3.05, 3.63) is 35.1 Å². The molecule has 1 heterocycles. The zero-order chi connectivity index (χ0) is 13.6. The van der Waals surface area contributed by atoms with E-state index in [1.165, 1.54) is 5.56 Å². The minimum absolute atomic E-state index is 0.420. The Labute approximate surface area is 117 Å². The molecule has 1 aromatic heterocycles. The Bertz CT molecular complexity index is 645. The van der Waals surface area contributed by atoms with Crippen molar-refractivity contribution in [3.8, 4) is 0 Å². The van der Waals surface area contributed by atoms with Crippen molar-refractivity contribution in [1.82, 2.24) is 4.90 Å². The lowest BCUT2D eigenvalue weighted by atomic mass is 9.91. The number of carbonyl (C=O) groups excluding carboxylic acids is 1. The van der Waals surface area contributed by atoms with Gasteiger partial charge in [0.25, 0.3) is 5.24 Å². The van der Waals surface area contributed by atoms with Crippen LogP contribution >= 0.6 is 11.6 Å². The molecule has 4 heteroatoms. The SMILES string of the molecule is CN(C)C1CCc2oc3ccc(C(=O)Cl)cc3c2C1. The monoisotopic (exact) mass is 277 g/mol. The highest BCUT2D eigenvalue weighted by atomic mass is 35.5. The number of furan rings is 1. The van der Waals surface area contributed by atoms with E-state index in [4.69, 9.17) is 16.0 Å². The Morgan fingerprint density at radius 2 is 2.21 bits per heavy atom. The Hall–Kier alpha value is -1.32. The fourth-order valence-corrected chi connectivity index (χ4v) is 2.94. The van der Waals surface area contributed by atoms with Crippen LogP contribution in [0, 0.1) is 0 Å². The number of hydrogen-bond acceptors (Lipinski definition) is 3. The summed E-state index contributed by atoms with van der Waals surface area (Å²) in [4.78, 5) is 13.5. The summed E-state index contributed by atoms with van der Waals surface area (Å²) in [5.41, 5.74) is 2.62. The molecule has 19 heavy (non-hydrogen) atoms. The first-order valence-corrected chi connectivity index (χ1v) is 6.84. The molecule has 3 nitrogen and oxygen atoms in total. The summed E-state index contributed by atoms with van der Waals surface area (Å²) in [6.07, 6.45) is 3.04. The maximum atomic E-state index is 11.3. The van der Waals surface area contributed by atoms with Crippen LogP contribution in [0.25, 0.3) is 11.0 Å². The second kappa shape index (κ2) is 4.66. The molecule has 1 aliphatic rings. The lowest BCUT2D eigenvalue weighted by Crippen LogP contribution is -2.33. The zero-order valence-electron chi connectivity index (χ0n) is 11.1. The Balaban J connectivity index is 2.10. The summed E-state index contributed by atoms with van der Waals surface area (Å²) < 4.78 is 5.88. The Kier molecular flexibility index (Phi) is 3.11. The van der Waals surface area contributed by atoms with Gasteiger partial charge in [-0.2, -0.15) is 0 Å². The molecular weight excluding hydrogens is 262 g/mol. The zero-order valence-corrected chi connectivity index (χ0v) is 11.8. The molecule has 1 atom stereocenters. The minimum Gasteiger partial charge on any atom is -0.461 e. The molecule has 0 fully saturated rings. The number of likely N-dealkylation sites (N-methyl/N-ethyl adjacent to an activating group) is 1. The summed E-state index contributed by atoms with van der Waals surface area (Å²) in [6, 6.07) is 5.94. The van der Waals surface area contributed by atoms with E-state index in [0.717, 1.165) is 36.0 Å². The number of aryl methyl sites for hydroxylation is 1. The molecule has 0 bridgehead atoms. The molecule has 0 spiro atoms. The third-order valence-corrected chi connectivity index (χ3v) is 4.19. The molecule has 0 N–H and O–H groups in total. The van der Waals surface area contributed by atoms with Crippen LogP contribution in [0.3, 0.4) is 0 Å². The van der Waals surface area contributed by atoms with Gasteiger partial charge in [-0.1, -0.05) is 0 Å². The van der Waals surface area contributed by atoms with Gasteiger partial charge < -0.3 is 9.32 Å². The summed E-state index contributed by atoms with van der Waals surface area (Å²) in [5.74, 6) is 1.06. The van der Waals surface area contributed by atoms with E-state index < -0.39 is 5.24 Å². The maximum Gasteiger partial charge on any atom is 0.252 e. The predicted molar refractivity (Wildman–Crippen MR) is 75.9 cm³/mol. The van der Waals surface area contributed by atoms with Crippen LogP contribution in [-0.2, 0) is 12.8 Å². The number of fused-ring (bicyclic) bond motifs is 3. The normalized spacial score (nSPS) is 18.8. The van der Waals surface area contributed by atoms with E-state index in [1.54, 1.807) is 6.07 Å². The van der Waals surface area contributed by atoms with Crippen LogP contribution in [0.4, 0.5) is 0 Å². The standard InChI is InChI=1S/C15H16ClNO2/c1-17(2)10-4-6-14-12(8-10)11-7-9(15(16)18)3-5-13(11)19-14/h3,5,7,10H,4,6,8H2,1-2H3. The van der Waals surface area contributed by atoms with Gasteiger partial charge in [-0.15, -0.1) is 0 Å². The molecule has 1 aromatic carbocycles. The highest BCUT2D eigenvalue weighted by Crippen LogP contribution is 2.33. The average Bonchev–Trinajstić information content (AvgIpc) is 2.75. The average molecular weight is 278 g/mol. The van der Waals surface area contributed by atoms with Crippen molar-refractivity contribution in [1.29, 1.82) is 0 Å². The van der Waals surface area contributed by atoms with E-state index in [9.17, 15) is 4.79 Å². The number of rotatable bonds is 2. The minimum atomic E-state index is -0.420. The molecule has 1 aliphatic carbocycles. The van der Waals surface area contributed by atoms with Crippen LogP contribution in [0.2, 0.25) is 0 Å². The lowest BCUT2D eigenvalue weighted by Gasteiger charge is -2.27. The topological polar surface area (TPSA) is 33.5 Å². The van der Waals surface area contributed by atoms with E-state index in [1.807, 2.05) is 12.1 Å². The lowest BCUT2D eigenvalue weighted by molar-refractivity contribution is 0.108. The van der Waals surface area contributed by atoms with Gasteiger partial charge in [0.1, 0.15) is 11.3 Å². The van der Waals surface area contributed by atoms with Crippen LogP contribution in [0.1, 0.15) is 28.1 Å². The van der Waals surface area contributed by atoms with Crippen molar-refractivity contribution in [2.45, 2.75) is 25.3 Å². The number of halogens is 1. The van der Waals surface area contributed by atoms with Gasteiger partial charge in [-0.3, -0.25) is 4.79 Å². The first-order chi connectivity index (χ1) is 9.06. The highest BCUT2D eigenvalue weighted by molar-refractivity contribution is 6.67. The Morgan fingerprint density at radius 3 is 2.89 bits per heavy atom. The quantitative estimate of drug-likeness (QED) is 0.790. The van der Waals surface area contributed by atoms with Gasteiger partial charge in [0.05, 0.1) is 0 Å². The largest absolute Gasteiger partial charge is 0.461 e. The van der Waals surface area contributed by atoms with Gasteiger partial charge in [-0.25, -0.2) is 0 Å². The van der Waals surface area contributed by atoms with Crippen molar-refractivity contribution >= 4 is 27.8 Å². The molecule has 0 radical (unpaired) electrons. The summed E-state index contributed by atoms with van der Waals surface area (Å²) >= 11 is 5.56. The van der Waals surface area contributed by atoms with Gasteiger partial charge >= 0.3 is 0 Å². The van der Waals surface area contributed by atoms with Crippen molar-refractivity contribution < 1.29 is 9.21 Å². The second-order valence-corrected chi connectivity index (χ2v) is 5.69. The molecule has 1 unspecified atom stereocenters. The number of benzene rings is 1. The van der Waals surface area contributed by atoms with Crippen molar-refractivity contribution in [2.75, 3.05) is 14.1 Å². The number of carbonyl (C=O) groups is 1.